The highest BCUT2D eigenvalue weighted by Gasteiger charge is 2.07. The first kappa shape index (κ1) is 13.0. The van der Waals surface area contributed by atoms with Gasteiger partial charge in [-0.2, -0.15) is 0 Å². The Morgan fingerprint density at radius 3 is 2.81 bits per heavy atom. The van der Waals surface area contributed by atoms with Crippen molar-refractivity contribution in [1.29, 1.82) is 5.41 Å². The molecule has 0 saturated heterocycles. The summed E-state index contributed by atoms with van der Waals surface area (Å²) >= 11 is 1.62. The molecule has 4 nitrogen and oxygen atoms in total. The van der Waals surface area contributed by atoms with Crippen molar-refractivity contribution in [1.82, 2.24) is 9.97 Å². The predicted molar refractivity (Wildman–Crippen MR) is 68.0 cm³/mol. The number of amidine groups is 1. The number of nitrogen functional groups attached to an aromatic ring is 1. The fourth-order valence-electron chi connectivity index (χ4n) is 1.08. The van der Waals surface area contributed by atoms with Gasteiger partial charge in [-0.25, -0.2) is 9.97 Å². The van der Waals surface area contributed by atoms with Gasteiger partial charge in [0.2, 0.25) is 0 Å². The molecule has 0 aliphatic carbocycles. The van der Waals surface area contributed by atoms with E-state index < -0.39 is 0 Å². The van der Waals surface area contributed by atoms with Crippen LogP contribution < -0.4 is 5.73 Å². The summed E-state index contributed by atoms with van der Waals surface area (Å²) in [6.45, 7) is 6.26. The fourth-order valence-corrected chi connectivity index (χ4v) is 2.12. The lowest BCUT2D eigenvalue weighted by molar-refractivity contribution is 0.636. The van der Waals surface area contributed by atoms with Gasteiger partial charge in [-0.05, 0) is 18.9 Å². The molecule has 0 fully saturated rings. The number of thioether (sulfide) groups is 1. The number of hydrogen-bond acceptors (Lipinski definition) is 4. The minimum atomic E-state index is -0.00381. The molecule has 0 saturated carbocycles. The summed E-state index contributed by atoms with van der Waals surface area (Å²) in [5, 5.41) is 8.07. The second-order valence-corrected chi connectivity index (χ2v) is 4.90. The van der Waals surface area contributed by atoms with Crippen LogP contribution in [0.15, 0.2) is 11.2 Å². The van der Waals surface area contributed by atoms with Crippen molar-refractivity contribution in [2.75, 3.05) is 5.75 Å². The van der Waals surface area contributed by atoms with Crippen LogP contribution in [0.2, 0.25) is 0 Å². The van der Waals surface area contributed by atoms with E-state index in [1.54, 1.807) is 17.8 Å². The van der Waals surface area contributed by atoms with Crippen LogP contribution in [0.4, 0.5) is 0 Å². The molecular formula is C11H18N4S. The van der Waals surface area contributed by atoms with E-state index in [2.05, 4.69) is 23.8 Å². The summed E-state index contributed by atoms with van der Waals surface area (Å²) in [7, 11) is 0. The molecule has 1 rings (SSSR count). The van der Waals surface area contributed by atoms with Crippen LogP contribution in [0.5, 0.6) is 0 Å². The number of hydrogen-bond donors (Lipinski definition) is 2. The van der Waals surface area contributed by atoms with Gasteiger partial charge in [0.15, 0.2) is 5.16 Å². The quantitative estimate of drug-likeness (QED) is 0.357. The maximum absolute atomic E-state index is 7.36. The third kappa shape index (κ3) is 3.81. The third-order valence-electron chi connectivity index (χ3n) is 2.30. The average Bonchev–Trinajstić information content (AvgIpc) is 2.25. The second-order valence-electron chi connectivity index (χ2n) is 3.92. The van der Waals surface area contributed by atoms with Crippen LogP contribution in [0.3, 0.4) is 0 Å². The largest absolute Gasteiger partial charge is 0.382 e. The zero-order valence-electron chi connectivity index (χ0n) is 9.95. The molecule has 0 radical (unpaired) electrons. The summed E-state index contributed by atoms with van der Waals surface area (Å²) in [6, 6.07) is 1.73. The van der Waals surface area contributed by atoms with Crippen molar-refractivity contribution in [3.05, 3.63) is 17.5 Å². The van der Waals surface area contributed by atoms with E-state index in [1.807, 2.05) is 6.92 Å². The highest BCUT2D eigenvalue weighted by atomic mass is 32.2. The van der Waals surface area contributed by atoms with Gasteiger partial charge >= 0.3 is 0 Å². The van der Waals surface area contributed by atoms with Gasteiger partial charge in [0.05, 0.1) is 0 Å². The summed E-state index contributed by atoms with van der Waals surface area (Å²) < 4.78 is 0. The third-order valence-corrected chi connectivity index (χ3v) is 3.48. The first-order chi connectivity index (χ1) is 7.52. The lowest BCUT2D eigenvalue weighted by Crippen LogP contribution is -2.14. The number of nitrogens with one attached hydrogen (secondary N) is 1. The smallest absolute Gasteiger partial charge is 0.188 e. The van der Waals surface area contributed by atoms with Crippen molar-refractivity contribution < 1.29 is 0 Å². The van der Waals surface area contributed by atoms with E-state index in [-0.39, 0.29) is 5.84 Å². The summed E-state index contributed by atoms with van der Waals surface area (Å²) in [6.07, 6.45) is 1.15. The lowest BCUT2D eigenvalue weighted by atomic mass is 10.2. The minimum Gasteiger partial charge on any atom is -0.382 e. The zero-order chi connectivity index (χ0) is 12.1. The first-order valence-corrected chi connectivity index (χ1v) is 6.34. The summed E-state index contributed by atoms with van der Waals surface area (Å²) in [5.74, 6) is 1.64. The van der Waals surface area contributed by atoms with Crippen LogP contribution >= 0.6 is 11.8 Å². The van der Waals surface area contributed by atoms with E-state index in [0.717, 1.165) is 17.9 Å². The molecule has 88 valence electrons. The van der Waals surface area contributed by atoms with E-state index in [0.29, 0.717) is 16.8 Å². The SMILES string of the molecule is CCC(C)CSc1nc(C)cc(C(=N)N)n1. The molecular weight excluding hydrogens is 220 g/mol. The van der Waals surface area contributed by atoms with Crippen LogP contribution in [-0.2, 0) is 0 Å². The topological polar surface area (TPSA) is 75.7 Å². The number of nitrogens with two attached hydrogens (primary N) is 1. The lowest BCUT2D eigenvalue weighted by Gasteiger charge is -2.08. The highest BCUT2D eigenvalue weighted by Crippen LogP contribution is 2.18. The molecule has 0 aromatic carbocycles. The molecule has 1 heterocycles. The Balaban J connectivity index is 2.76. The molecule has 0 bridgehead atoms. The Bertz CT molecular complexity index is 378. The monoisotopic (exact) mass is 238 g/mol. The van der Waals surface area contributed by atoms with E-state index >= 15 is 0 Å². The molecule has 1 atom stereocenters. The van der Waals surface area contributed by atoms with Gasteiger partial charge < -0.3 is 5.73 Å². The van der Waals surface area contributed by atoms with Gasteiger partial charge in [0.1, 0.15) is 11.5 Å². The van der Waals surface area contributed by atoms with E-state index in [4.69, 9.17) is 11.1 Å². The molecule has 0 spiro atoms. The van der Waals surface area contributed by atoms with Crippen LogP contribution in [0.1, 0.15) is 31.7 Å². The summed E-state index contributed by atoms with van der Waals surface area (Å²) in [5.41, 5.74) is 6.78. The Morgan fingerprint density at radius 1 is 1.56 bits per heavy atom. The van der Waals surface area contributed by atoms with Gasteiger partial charge in [-0.1, -0.05) is 32.0 Å². The van der Waals surface area contributed by atoms with E-state index in [1.165, 1.54) is 0 Å². The number of aromatic nitrogens is 2. The zero-order valence-corrected chi connectivity index (χ0v) is 10.8. The second kappa shape index (κ2) is 5.84. The van der Waals surface area contributed by atoms with Crippen LogP contribution in [0.25, 0.3) is 0 Å². The van der Waals surface area contributed by atoms with Crippen LogP contribution in [0, 0.1) is 18.3 Å². The molecule has 0 aliphatic rings. The van der Waals surface area contributed by atoms with Gasteiger partial charge in [0.25, 0.3) is 0 Å². The fraction of sp³-hybridized carbons (Fsp3) is 0.545. The number of aryl methyl sites for hydroxylation is 1. The molecule has 3 N–H and O–H groups in total. The average molecular weight is 238 g/mol. The maximum atomic E-state index is 7.36. The molecule has 5 heteroatoms. The first-order valence-electron chi connectivity index (χ1n) is 5.35. The molecule has 0 aliphatic heterocycles. The van der Waals surface area contributed by atoms with Gasteiger partial charge in [0, 0.05) is 11.4 Å². The van der Waals surface area contributed by atoms with Crippen molar-refractivity contribution >= 4 is 17.6 Å². The van der Waals surface area contributed by atoms with Crippen molar-refractivity contribution in [2.45, 2.75) is 32.3 Å². The molecule has 0 amide bonds. The number of nitrogens with zero attached hydrogens (tertiary/aromatic N) is 2. The predicted octanol–water partition coefficient (Wildman–Crippen LogP) is 2.21. The van der Waals surface area contributed by atoms with Crippen molar-refractivity contribution in [3.8, 4) is 0 Å². The normalized spacial score (nSPS) is 12.4. The number of rotatable bonds is 5. The standard InChI is InChI=1S/C11H18N4S/c1-4-7(2)6-16-11-14-8(3)5-9(15-11)10(12)13/h5,7H,4,6H2,1-3H3,(H3,12,13). The molecule has 1 unspecified atom stereocenters. The van der Waals surface area contributed by atoms with Crippen molar-refractivity contribution in [2.24, 2.45) is 11.7 Å². The van der Waals surface area contributed by atoms with Gasteiger partial charge in [-0.15, -0.1) is 0 Å². The minimum absolute atomic E-state index is 0.00381. The molecule has 1 aromatic heterocycles. The van der Waals surface area contributed by atoms with E-state index in [9.17, 15) is 0 Å². The maximum Gasteiger partial charge on any atom is 0.188 e. The highest BCUT2D eigenvalue weighted by molar-refractivity contribution is 7.99. The Labute approximate surface area is 101 Å². The Morgan fingerprint density at radius 2 is 2.25 bits per heavy atom. The Kier molecular flexibility index (Phi) is 4.73. The Hall–Kier alpha value is -1.10. The van der Waals surface area contributed by atoms with Crippen LogP contribution in [-0.4, -0.2) is 21.6 Å². The van der Waals surface area contributed by atoms with Gasteiger partial charge in [-0.3, -0.25) is 5.41 Å². The molecule has 16 heavy (non-hydrogen) atoms. The van der Waals surface area contributed by atoms with Crippen molar-refractivity contribution in [3.63, 3.8) is 0 Å². The molecule has 1 aromatic rings. The summed E-state index contributed by atoms with van der Waals surface area (Å²) in [4.78, 5) is 8.56.